The SMILES string of the molecule is CCN(CC)C(=O)c1ccc2c(c1)ncn2CCNS(=O)(=O)c1ccc(OC)cc1. The number of hydrogen-bond acceptors (Lipinski definition) is 5. The second kappa shape index (κ2) is 9.27. The Morgan fingerprint density at radius 2 is 1.83 bits per heavy atom. The molecule has 0 saturated heterocycles. The van der Waals surface area contributed by atoms with Gasteiger partial charge in [-0.3, -0.25) is 4.79 Å². The van der Waals surface area contributed by atoms with Crippen molar-refractivity contribution in [2.45, 2.75) is 25.3 Å². The number of imidazole rings is 1. The van der Waals surface area contributed by atoms with Crippen LogP contribution in [0.1, 0.15) is 24.2 Å². The van der Waals surface area contributed by atoms with Crippen LogP contribution in [0.5, 0.6) is 5.75 Å². The summed E-state index contributed by atoms with van der Waals surface area (Å²) in [7, 11) is -2.09. The molecule has 0 aliphatic heterocycles. The smallest absolute Gasteiger partial charge is 0.253 e. The molecule has 8 nitrogen and oxygen atoms in total. The summed E-state index contributed by atoms with van der Waals surface area (Å²) in [5.74, 6) is 0.571. The van der Waals surface area contributed by atoms with Crippen LogP contribution in [-0.4, -0.2) is 55.5 Å². The Balaban J connectivity index is 1.68. The highest BCUT2D eigenvalue weighted by atomic mass is 32.2. The molecular formula is C21H26N4O4S. The Morgan fingerprint density at radius 3 is 2.47 bits per heavy atom. The van der Waals surface area contributed by atoms with Crippen molar-refractivity contribution in [3.05, 3.63) is 54.4 Å². The quantitative estimate of drug-likeness (QED) is 0.563. The molecule has 0 bridgehead atoms. The average Bonchev–Trinajstić information content (AvgIpc) is 3.16. The molecule has 1 N–H and O–H groups in total. The summed E-state index contributed by atoms with van der Waals surface area (Å²) in [4.78, 5) is 18.8. The number of aromatic nitrogens is 2. The van der Waals surface area contributed by atoms with E-state index in [1.807, 2.05) is 24.5 Å². The van der Waals surface area contributed by atoms with E-state index in [0.29, 0.717) is 36.5 Å². The number of nitrogens with zero attached hydrogens (tertiary/aromatic N) is 3. The van der Waals surface area contributed by atoms with Crippen LogP contribution < -0.4 is 9.46 Å². The monoisotopic (exact) mass is 430 g/mol. The number of fused-ring (bicyclic) bond motifs is 1. The molecule has 1 heterocycles. The lowest BCUT2D eigenvalue weighted by Gasteiger charge is -2.18. The van der Waals surface area contributed by atoms with Gasteiger partial charge in [0.05, 0.1) is 29.4 Å². The molecule has 0 radical (unpaired) electrons. The van der Waals surface area contributed by atoms with Gasteiger partial charge in [-0.05, 0) is 56.3 Å². The molecule has 2 aromatic carbocycles. The molecule has 0 spiro atoms. The molecule has 0 aliphatic carbocycles. The second-order valence-electron chi connectivity index (χ2n) is 6.69. The molecule has 0 aliphatic rings. The van der Waals surface area contributed by atoms with E-state index < -0.39 is 10.0 Å². The van der Waals surface area contributed by atoms with E-state index in [0.717, 1.165) is 5.52 Å². The normalized spacial score (nSPS) is 11.6. The average molecular weight is 431 g/mol. The van der Waals surface area contributed by atoms with Gasteiger partial charge in [0.2, 0.25) is 10.0 Å². The van der Waals surface area contributed by atoms with E-state index in [-0.39, 0.29) is 17.3 Å². The first-order valence-corrected chi connectivity index (χ1v) is 11.3. The zero-order chi connectivity index (χ0) is 21.7. The molecule has 0 saturated carbocycles. The van der Waals surface area contributed by atoms with Crippen molar-refractivity contribution in [1.82, 2.24) is 19.2 Å². The Morgan fingerprint density at radius 1 is 1.13 bits per heavy atom. The van der Waals surface area contributed by atoms with Gasteiger partial charge in [0.1, 0.15) is 5.75 Å². The number of carbonyl (C=O) groups is 1. The molecule has 160 valence electrons. The van der Waals surface area contributed by atoms with E-state index in [1.54, 1.807) is 35.5 Å². The van der Waals surface area contributed by atoms with Gasteiger partial charge in [0.15, 0.2) is 0 Å². The summed E-state index contributed by atoms with van der Waals surface area (Å²) in [6.07, 6.45) is 1.65. The predicted octanol–water partition coefficient (Wildman–Crippen LogP) is 2.51. The van der Waals surface area contributed by atoms with Crippen molar-refractivity contribution in [2.75, 3.05) is 26.7 Å². The second-order valence-corrected chi connectivity index (χ2v) is 8.46. The van der Waals surface area contributed by atoms with Crippen LogP contribution in [-0.2, 0) is 16.6 Å². The number of amides is 1. The van der Waals surface area contributed by atoms with Gasteiger partial charge in [-0.25, -0.2) is 18.1 Å². The third-order valence-electron chi connectivity index (χ3n) is 4.93. The van der Waals surface area contributed by atoms with Crippen LogP contribution in [0.2, 0.25) is 0 Å². The number of sulfonamides is 1. The van der Waals surface area contributed by atoms with Crippen molar-refractivity contribution in [3.8, 4) is 5.75 Å². The van der Waals surface area contributed by atoms with Crippen LogP contribution in [0.3, 0.4) is 0 Å². The lowest BCUT2D eigenvalue weighted by molar-refractivity contribution is 0.0773. The van der Waals surface area contributed by atoms with Crippen LogP contribution >= 0.6 is 0 Å². The van der Waals surface area contributed by atoms with E-state index in [9.17, 15) is 13.2 Å². The highest BCUT2D eigenvalue weighted by Gasteiger charge is 2.15. The van der Waals surface area contributed by atoms with Crippen molar-refractivity contribution >= 4 is 27.0 Å². The number of nitrogens with one attached hydrogen (secondary N) is 1. The number of methoxy groups -OCH3 is 1. The zero-order valence-corrected chi connectivity index (χ0v) is 18.1. The maximum absolute atomic E-state index is 12.5. The van der Waals surface area contributed by atoms with Gasteiger partial charge < -0.3 is 14.2 Å². The third-order valence-corrected chi connectivity index (χ3v) is 6.41. The minimum absolute atomic E-state index is 0.0244. The van der Waals surface area contributed by atoms with Gasteiger partial charge in [-0.1, -0.05) is 0 Å². The Kier molecular flexibility index (Phi) is 6.73. The van der Waals surface area contributed by atoms with Crippen molar-refractivity contribution in [1.29, 1.82) is 0 Å². The van der Waals surface area contributed by atoms with Gasteiger partial charge in [0.25, 0.3) is 5.91 Å². The zero-order valence-electron chi connectivity index (χ0n) is 17.3. The maximum Gasteiger partial charge on any atom is 0.253 e. The van der Waals surface area contributed by atoms with Crippen LogP contribution in [0.15, 0.2) is 53.7 Å². The van der Waals surface area contributed by atoms with E-state index in [1.165, 1.54) is 19.2 Å². The van der Waals surface area contributed by atoms with E-state index in [4.69, 9.17) is 4.74 Å². The predicted molar refractivity (Wildman–Crippen MR) is 115 cm³/mol. The molecule has 3 rings (SSSR count). The summed E-state index contributed by atoms with van der Waals surface area (Å²) in [6, 6.07) is 11.6. The number of rotatable bonds is 9. The molecule has 3 aromatic rings. The Hall–Kier alpha value is -2.91. The summed E-state index contributed by atoms with van der Waals surface area (Å²) in [5.41, 5.74) is 2.14. The largest absolute Gasteiger partial charge is 0.497 e. The lowest BCUT2D eigenvalue weighted by atomic mass is 10.1. The highest BCUT2D eigenvalue weighted by molar-refractivity contribution is 7.89. The number of hydrogen-bond donors (Lipinski definition) is 1. The molecule has 0 atom stereocenters. The van der Waals surface area contributed by atoms with Crippen LogP contribution in [0, 0.1) is 0 Å². The minimum Gasteiger partial charge on any atom is -0.497 e. The molecule has 1 amide bonds. The van der Waals surface area contributed by atoms with Crippen molar-refractivity contribution in [3.63, 3.8) is 0 Å². The summed E-state index contributed by atoms with van der Waals surface area (Å²) in [6.45, 7) is 5.81. The number of benzene rings is 2. The molecule has 1 aromatic heterocycles. The molecule has 0 fully saturated rings. The Labute approximate surface area is 176 Å². The summed E-state index contributed by atoms with van der Waals surface area (Å²) >= 11 is 0. The van der Waals surface area contributed by atoms with E-state index >= 15 is 0 Å². The fourth-order valence-corrected chi connectivity index (χ4v) is 4.23. The van der Waals surface area contributed by atoms with E-state index in [2.05, 4.69) is 9.71 Å². The fraction of sp³-hybridized carbons (Fsp3) is 0.333. The van der Waals surface area contributed by atoms with Gasteiger partial charge >= 0.3 is 0 Å². The topological polar surface area (TPSA) is 93.5 Å². The summed E-state index contributed by atoms with van der Waals surface area (Å²) < 4.78 is 34.4. The van der Waals surface area contributed by atoms with Gasteiger partial charge in [-0.15, -0.1) is 0 Å². The summed E-state index contributed by atoms with van der Waals surface area (Å²) in [5, 5.41) is 0. The third kappa shape index (κ3) is 4.63. The van der Waals surface area contributed by atoms with Crippen LogP contribution in [0.4, 0.5) is 0 Å². The first kappa shape index (κ1) is 21.8. The minimum atomic E-state index is -3.61. The first-order chi connectivity index (χ1) is 14.4. The highest BCUT2D eigenvalue weighted by Crippen LogP contribution is 2.17. The molecule has 9 heteroatoms. The first-order valence-electron chi connectivity index (χ1n) is 9.77. The fourth-order valence-electron chi connectivity index (χ4n) is 3.21. The molecule has 0 unspecified atom stereocenters. The lowest BCUT2D eigenvalue weighted by Crippen LogP contribution is -2.30. The van der Waals surface area contributed by atoms with Crippen LogP contribution in [0.25, 0.3) is 11.0 Å². The molecular weight excluding hydrogens is 404 g/mol. The standard InChI is InChI=1S/C21H26N4O4S/c1-4-24(5-2)21(26)16-6-11-20-19(14-16)22-15-25(20)13-12-23-30(27,28)18-9-7-17(29-3)8-10-18/h6-11,14-15,23H,4-5,12-13H2,1-3H3. The van der Waals surface area contributed by atoms with Gasteiger partial charge in [0, 0.05) is 31.7 Å². The number of ether oxygens (including phenoxy) is 1. The van der Waals surface area contributed by atoms with Crippen molar-refractivity contribution in [2.24, 2.45) is 0 Å². The maximum atomic E-state index is 12.5. The molecule has 30 heavy (non-hydrogen) atoms. The Bertz CT molecular complexity index is 1120. The van der Waals surface area contributed by atoms with Crippen molar-refractivity contribution < 1.29 is 17.9 Å². The van der Waals surface area contributed by atoms with Gasteiger partial charge in [-0.2, -0.15) is 0 Å². The number of carbonyl (C=O) groups excluding carboxylic acids is 1.